The zero-order valence-electron chi connectivity index (χ0n) is 10.5. The van der Waals surface area contributed by atoms with Gasteiger partial charge in [0.05, 0.1) is 23.8 Å². The molecule has 0 saturated heterocycles. The molecule has 0 saturated carbocycles. The monoisotopic (exact) mass is 345 g/mol. The molecule has 9 heteroatoms. The summed E-state index contributed by atoms with van der Waals surface area (Å²) in [6.45, 7) is 3.34. The van der Waals surface area contributed by atoms with Gasteiger partial charge in [0.15, 0.2) is 5.82 Å². The van der Waals surface area contributed by atoms with Crippen molar-refractivity contribution in [3.05, 3.63) is 28.4 Å². The van der Waals surface area contributed by atoms with Crippen LogP contribution in [0.2, 0.25) is 0 Å². The van der Waals surface area contributed by atoms with Gasteiger partial charge in [-0.1, -0.05) is 0 Å². The normalized spacial score (nSPS) is 11.6. The Hall–Kier alpha value is -1.48. The molecule has 1 N–H and O–H groups in total. The molecule has 0 fully saturated rings. The van der Waals surface area contributed by atoms with Crippen molar-refractivity contribution in [3.8, 4) is 0 Å². The molecule has 0 radical (unpaired) electrons. The highest BCUT2D eigenvalue weighted by Crippen LogP contribution is 2.21. The van der Waals surface area contributed by atoms with E-state index in [1.54, 1.807) is 20.9 Å². The van der Waals surface area contributed by atoms with Crippen LogP contribution in [0, 0.1) is 13.8 Å². The third-order valence-electron chi connectivity index (χ3n) is 2.57. The zero-order chi connectivity index (χ0) is 14.2. The molecule has 0 aliphatic rings. The maximum absolute atomic E-state index is 12.3. The average molecular weight is 346 g/mol. The Balaban J connectivity index is 2.40. The van der Waals surface area contributed by atoms with E-state index in [0.717, 1.165) is 0 Å². The number of nitrogens with one attached hydrogen (secondary N) is 1. The van der Waals surface area contributed by atoms with Crippen molar-refractivity contribution in [2.45, 2.75) is 18.7 Å². The number of aromatic nitrogens is 4. The van der Waals surface area contributed by atoms with E-state index in [1.807, 2.05) is 0 Å². The highest BCUT2D eigenvalue weighted by molar-refractivity contribution is 9.10. The molecule has 2 aromatic heterocycles. The minimum atomic E-state index is -3.72. The van der Waals surface area contributed by atoms with Crippen LogP contribution in [0.5, 0.6) is 0 Å². The number of sulfonamides is 1. The Labute approximate surface area is 119 Å². The predicted molar refractivity (Wildman–Crippen MR) is 73.2 cm³/mol. The molecule has 2 heterocycles. The van der Waals surface area contributed by atoms with Gasteiger partial charge in [0.2, 0.25) is 0 Å². The summed E-state index contributed by atoms with van der Waals surface area (Å²) >= 11 is 3.13. The Morgan fingerprint density at radius 3 is 2.42 bits per heavy atom. The molecule has 7 nitrogen and oxygen atoms in total. The first kappa shape index (κ1) is 13.9. The quantitative estimate of drug-likeness (QED) is 0.907. The molecule has 0 bridgehead atoms. The number of nitrogens with zero attached hydrogens (tertiary/aromatic N) is 4. The van der Waals surface area contributed by atoms with Crippen LogP contribution in [0.1, 0.15) is 11.4 Å². The van der Waals surface area contributed by atoms with Crippen molar-refractivity contribution in [2.75, 3.05) is 4.72 Å². The maximum atomic E-state index is 12.3. The summed E-state index contributed by atoms with van der Waals surface area (Å²) in [4.78, 5) is 8.01. The van der Waals surface area contributed by atoms with E-state index in [4.69, 9.17) is 0 Å². The van der Waals surface area contributed by atoms with Gasteiger partial charge in [-0.25, -0.2) is 18.4 Å². The van der Waals surface area contributed by atoms with Gasteiger partial charge in [0.1, 0.15) is 9.50 Å². The van der Waals surface area contributed by atoms with Gasteiger partial charge in [-0.3, -0.25) is 9.40 Å². The molecule has 19 heavy (non-hydrogen) atoms. The lowest BCUT2D eigenvalue weighted by Gasteiger charge is -2.07. The van der Waals surface area contributed by atoms with Crippen molar-refractivity contribution in [1.82, 2.24) is 19.7 Å². The summed E-state index contributed by atoms with van der Waals surface area (Å²) < 4.78 is 29.0. The predicted octanol–water partition coefficient (Wildman–Crippen LogP) is 1.39. The molecule has 0 aliphatic heterocycles. The summed E-state index contributed by atoms with van der Waals surface area (Å²) in [5, 5.41) is 4.09. The second kappa shape index (κ2) is 4.89. The smallest absolute Gasteiger partial charge is 0.266 e. The molecule has 0 spiro atoms. The van der Waals surface area contributed by atoms with Crippen LogP contribution < -0.4 is 4.72 Å². The number of hydrogen-bond donors (Lipinski definition) is 1. The SMILES string of the molecule is Cc1nn(C)c(C)c1S(=O)(=O)Nc1cnc(Br)cn1. The van der Waals surface area contributed by atoms with Gasteiger partial charge < -0.3 is 0 Å². The molecule has 0 aliphatic carbocycles. The Morgan fingerprint density at radius 2 is 1.95 bits per heavy atom. The molecular weight excluding hydrogens is 334 g/mol. The molecular formula is C10H12BrN5O2S. The highest BCUT2D eigenvalue weighted by atomic mass is 79.9. The van der Waals surface area contributed by atoms with Gasteiger partial charge in [0, 0.05) is 7.05 Å². The van der Waals surface area contributed by atoms with E-state index >= 15 is 0 Å². The minimum absolute atomic E-state index is 0.158. The molecule has 0 amide bonds. The van der Waals surface area contributed by atoms with Crippen LogP contribution in [-0.2, 0) is 17.1 Å². The Morgan fingerprint density at radius 1 is 1.26 bits per heavy atom. The highest BCUT2D eigenvalue weighted by Gasteiger charge is 2.24. The fourth-order valence-corrected chi connectivity index (χ4v) is 3.34. The standard InChI is InChI=1S/C10H12BrN5O2S/c1-6-10(7(2)16(3)14-6)19(17,18)15-9-5-12-8(11)4-13-9/h4-5H,1-3H3,(H,13,15). The minimum Gasteiger partial charge on any atom is -0.271 e. The van der Waals surface area contributed by atoms with Crippen LogP contribution >= 0.6 is 15.9 Å². The summed E-state index contributed by atoms with van der Waals surface area (Å²) in [6, 6.07) is 0. The van der Waals surface area contributed by atoms with E-state index in [0.29, 0.717) is 16.0 Å². The summed E-state index contributed by atoms with van der Waals surface area (Å²) in [5.41, 5.74) is 1.01. The summed E-state index contributed by atoms with van der Waals surface area (Å²) in [6.07, 6.45) is 2.75. The van der Waals surface area contributed by atoms with Gasteiger partial charge in [0.25, 0.3) is 10.0 Å². The van der Waals surface area contributed by atoms with Crippen molar-refractivity contribution in [1.29, 1.82) is 0 Å². The number of aryl methyl sites for hydroxylation is 2. The number of rotatable bonds is 3. The lowest BCUT2D eigenvalue weighted by atomic mass is 10.4. The van der Waals surface area contributed by atoms with Crippen LogP contribution in [0.25, 0.3) is 0 Å². The van der Waals surface area contributed by atoms with E-state index in [9.17, 15) is 8.42 Å². The summed E-state index contributed by atoms with van der Waals surface area (Å²) in [7, 11) is -2.02. The number of hydrogen-bond acceptors (Lipinski definition) is 5. The molecule has 102 valence electrons. The molecule has 0 aromatic carbocycles. The van der Waals surface area contributed by atoms with Crippen LogP contribution in [-0.4, -0.2) is 28.2 Å². The maximum Gasteiger partial charge on any atom is 0.266 e. The molecule has 0 unspecified atom stereocenters. The lowest BCUT2D eigenvalue weighted by Crippen LogP contribution is -2.15. The van der Waals surface area contributed by atoms with Crippen molar-refractivity contribution in [3.63, 3.8) is 0 Å². The third-order valence-corrected chi connectivity index (χ3v) is 4.59. The van der Waals surface area contributed by atoms with Crippen LogP contribution in [0.3, 0.4) is 0 Å². The Bertz CT molecular complexity index is 708. The fraction of sp³-hybridized carbons (Fsp3) is 0.300. The largest absolute Gasteiger partial charge is 0.271 e. The van der Waals surface area contributed by atoms with E-state index in [1.165, 1.54) is 17.1 Å². The summed E-state index contributed by atoms with van der Waals surface area (Å²) in [5.74, 6) is 0.158. The molecule has 2 aromatic rings. The number of halogens is 1. The van der Waals surface area contributed by atoms with E-state index in [2.05, 4.69) is 35.7 Å². The first-order valence-electron chi connectivity index (χ1n) is 5.32. The first-order chi connectivity index (χ1) is 8.81. The van der Waals surface area contributed by atoms with E-state index in [-0.39, 0.29) is 10.7 Å². The average Bonchev–Trinajstić information content (AvgIpc) is 2.56. The lowest BCUT2D eigenvalue weighted by molar-refractivity contribution is 0.599. The van der Waals surface area contributed by atoms with E-state index < -0.39 is 10.0 Å². The van der Waals surface area contributed by atoms with Crippen molar-refractivity contribution >= 4 is 31.8 Å². The van der Waals surface area contributed by atoms with Gasteiger partial charge >= 0.3 is 0 Å². The number of anilines is 1. The fourth-order valence-electron chi connectivity index (χ4n) is 1.70. The molecule has 0 atom stereocenters. The second-order valence-corrected chi connectivity index (χ2v) is 6.39. The van der Waals surface area contributed by atoms with Gasteiger partial charge in [-0.15, -0.1) is 0 Å². The van der Waals surface area contributed by atoms with Crippen LogP contribution in [0.15, 0.2) is 21.9 Å². The first-order valence-corrected chi connectivity index (χ1v) is 7.59. The molecule has 2 rings (SSSR count). The van der Waals surface area contributed by atoms with Crippen molar-refractivity contribution in [2.24, 2.45) is 7.05 Å². The zero-order valence-corrected chi connectivity index (χ0v) is 12.9. The topological polar surface area (TPSA) is 89.8 Å². The Kier molecular flexibility index (Phi) is 3.59. The van der Waals surface area contributed by atoms with Crippen LogP contribution in [0.4, 0.5) is 5.82 Å². The third kappa shape index (κ3) is 2.76. The van der Waals surface area contributed by atoms with Gasteiger partial charge in [-0.2, -0.15) is 5.10 Å². The van der Waals surface area contributed by atoms with Gasteiger partial charge in [-0.05, 0) is 29.8 Å². The van der Waals surface area contributed by atoms with Crippen molar-refractivity contribution < 1.29 is 8.42 Å². The second-order valence-electron chi connectivity index (χ2n) is 3.95.